The first-order valence-electron chi connectivity index (χ1n) is 7.52. The lowest BCUT2D eigenvalue weighted by atomic mass is 10.2. The van der Waals surface area contributed by atoms with Gasteiger partial charge in [0.1, 0.15) is 0 Å². The third-order valence-electron chi connectivity index (χ3n) is 3.58. The van der Waals surface area contributed by atoms with Crippen LogP contribution in [0.5, 0.6) is 0 Å². The number of hydrogen-bond acceptors (Lipinski definition) is 3. The number of carbonyl (C=O) groups excluding carboxylic acids is 1. The van der Waals surface area contributed by atoms with E-state index in [1.807, 2.05) is 6.07 Å². The van der Waals surface area contributed by atoms with Crippen LogP contribution in [0.1, 0.15) is 21.6 Å². The number of benzene rings is 2. The fourth-order valence-electron chi connectivity index (χ4n) is 2.32. The maximum atomic E-state index is 12.5. The van der Waals surface area contributed by atoms with E-state index in [4.69, 9.17) is 11.6 Å². The van der Waals surface area contributed by atoms with Gasteiger partial charge in [0.25, 0.3) is 11.5 Å². The summed E-state index contributed by atoms with van der Waals surface area (Å²) in [7, 11) is 0. The van der Waals surface area contributed by atoms with Crippen molar-refractivity contribution in [1.29, 1.82) is 0 Å². The summed E-state index contributed by atoms with van der Waals surface area (Å²) >= 11 is 5.97. The first-order chi connectivity index (χ1) is 12.1. The standard InChI is InChI=1S/C18H15ClN4O2/c1-12-16(11-20-21-17(24)13-6-3-2-4-7-13)18(25)23(22-12)15-9-5-8-14(19)10-15/h2-11,22H,1H3,(H,21,24). The van der Waals surface area contributed by atoms with Gasteiger partial charge in [-0.3, -0.25) is 14.7 Å². The Balaban J connectivity index is 1.82. The second-order valence-electron chi connectivity index (χ2n) is 5.34. The molecule has 6 nitrogen and oxygen atoms in total. The molecule has 1 heterocycles. The van der Waals surface area contributed by atoms with E-state index in [-0.39, 0.29) is 11.5 Å². The van der Waals surface area contributed by atoms with Crippen molar-refractivity contribution in [2.45, 2.75) is 6.92 Å². The average Bonchev–Trinajstić information content (AvgIpc) is 2.90. The van der Waals surface area contributed by atoms with E-state index in [1.165, 1.54) is 10.9 Å². The summed E-state index contributed by atoms with van der Waals surface area (Å²) in [5, 5.41) is 7.38. The van der Waals surface area contributed by atoms with Gasteiger partial charge in [-0.15, -0.1) is 0 Å². The maximum Gasteiger partial charge on any atom is 0.280 e. The molecule has 1 amide bonds. The highest BCUT2D eigenvalue weighted by molar-refractivity contribution is 6.30. The summed E-state index contributed by atoms with van der Waals surface area (Å²) in [5.74, 6) is -0.347. The van der Waals surface area contributed by atoms with Crippen LogP contribution in [-0.4, -0.2) is 21.9 Å². The zero-order valence-electron chi connectivity index (χ0n) is 13.4. The molecule has 2 aromatic carbocycles. The van der Waals surface area contributed by atoms with Crippen LogP contribution in [-0.2, 0) is 0 Å². The molecule has 0 unspecified atom stereocenters. The van der Waals surface area contributed by atoms with E-state index in [9.17, 15) is 9.59 Å². The lowest BCUT2D eigenvalue weighted by molar-refractivity contribution is 0.0955. The zero-order chi connectivity index (χ0) is 17.8. The summed E-state index contributed by atoms with van der Waals surface area (Å²) in [5.41, 5.74) is 4.22. The molecular weight excluding hydrogens is 340 g/mol. The number of hydrogen-bond donors (Lipinski definition) is 2. The second kappa shape index (κ2) is 7.19. The third kappa shape index (κ3) is 3.70. The SMILES string of the molecule is Cc1[nH]n(-c2cccc(Cl)c2)c(=O)c1C=NNC(=O)c1ccccc1. The monoisotopic (exact) mass is 354 g/mol. The molecule has 0 atom stereocenters. The van der Waals surface area contributed by atoms with E-state index in [1.54, 1.807) is 55.5 Å². The first-order valence-corrected chi connectivity index (χ1v) is 7.90. The van der Waals surface area contributed by atoms with Crippen molar-refractivity contribution < 1.29 is 4.79 Å². The van der Waals surface area contributed by atoms with Crippen LogP contribution in [0.25, 0.3) is 5.69 Å². The Morgan fingerprint density at radius 2 is 1.96 bits per heavy atom. The Hall–Kier alpha value is -3.12. The van der Waals surface area contributed by atoms with E-state index in [0.29, 0.717) is 27.5 Å². The Morgan fingerprint density at radius 3 is 2.68 bits per heavy atom. The topological polar surface area (TPSA) is 79.2 Å². The Kier molecular flexibility index (Phi) is 4.81. The number of aromatic nitrogens is 2. The molecule has 2 N–H and O–H groups in total. The van der Waals surface area contributed by atoms with Crippen molar-refractivity contribution in [3.63, 3.8) is 0 Å². The summed E-state index contributed by atoms with van der Waals surface area (Å²) in [6.45, 7) is 1.75. The molecule has 0 aliphatic heterocycles. The van der Waals surface area contributed by atoms with Crippen LogP contribution < -0.4 is 11.0 Å². The van der Waals surface area contributed by atoms with Gasteiger partial charge in [-0.05, 0) is 37.3 Å². The molecule has 1 aromatic heterocycles. The minimum atomic E-state index is -0.347. The van der Waals surface area contributed by atoms with Gasteiger partial charge < -0.3 is 0 Å². The molecule has 0 saturated carbocycles. The predicted molar refractivity (Wildman–Crippen MR) is 97.6 cm³/mol. The minimum Gasteiger partial charge on any atom is -0.295 e. The summed E-state index contributed by atoms with van der Waals surface area (Å²) in [6.07, 6.45) is 1.33. The van der Waals surface area contributed by atoms with Gasteiger partial charge in [0.15, 0.2) is 0 Å². The minimum absolute atomic E-state index is 0.280. The fraction of sp³-hybridized carbons (Fsp3) is 0.0556. The van der Waals surface area contributed by atoms with Crippen molar-refractivity contribution in [1.82, 2.24) is 15.2 Å². The molecule has 25 heavy (non-hydrogen) atoms. The number of amides is 1. The summed E-state index contributed by atoms with van der Waals surface area (Å²) in [6, 6.07) is 15.6. The van der Waals surface area contributed by atoms with Crippen LogP contribution >= 0.6 is 11.6 Å². The van der Waals surface area contributed by atoms with Crippen LogP contribution in [0.4, 0.5) is 0 Å². The van der Waals surface area contributed by atoms with Crippen molar-refractivity contribution in [3.05, 3.63) is 86.8 Å². The number of hydrazone groups is 1. The highest BCUT2D eigenvalue weighted by Gasteiger charge is 2.11. The van der Waals surface area contributed by atoms with Crippen molar-refractivity contribution in [3.8, 4) is 5.69 Å². The van der Waals surface area contributed by atoms with Gasteiger partial charge in [-0.25, -0.2) is 10.1 Å². The molecule has 0 radical (unpaired) electrons. The van der Waals surface area contributed by atoms with Gasteiger partial charge in [-0.1, -0.05) is 35.9 Å². The highest BCUT2D eigenvalue weighted by Crippen LogP contribution is 2.13. The molecule has 7 heteroatoms. The predicted octanol–water partition coefficient (Wildman–Crippen LogP) is 2.89. The van der Waals surface area contributed by atoms with Gasteiger partial charge in [-0.2, -0.15) is 5.10 Å². The molecule has 3 aromatic rings. The van der Waals surface area contributed by atoms with E-state index in [0.717, 1.165) is 0 Å². The number of nitrogens with one attached hydrogen (secondary N) is 2. The maximum absolute atomic E-state index is 12.5. The van der Waals surface area contributed by atoms with Crippen LogP contribution in [0.2, 0.25) is 5.02 Å². The molecule has 0 spiro atoms. The van der Waals surface area contributed by atoms with Gasteiger partial charge in [0.05, 0.1) is 17.5 Å². The molecule has 0 aliphatic rings. The molecule has 0 bridgehead atoms. The fourth-order valence-corrected chi connectivity index (χ4v) is 2.50. The lowest BCUT2D eigenvalue weighted by Crippen LogP contribution is -2.20. The van der Waals surface area contributed by atoms with Crippen LogP contribution in [0.15, 0.2) is 64.5 Å². The summed E-state index contributed by atoms with van der Waals surface area (Å²) < 4.78 is 1.38. The van der Waals surface area contributed by atoms with Crippen molar-refractivity contribution in [2.75, 3.05) is 0 Å². The first kappa shape index (κ1) is 16.7. The van der Waals surface area contributed by atoms with Gasteiger partial charge >= 0.3 is 0 Å². The Bertz CT molecular complexity index is 990. The lowest BCUT2D eigenvalue weighted by Gasteiger charge is -2.01. The van der Waals surface area contributed by atoms with Crippen LogP contribution in [0.3, 0.4) is 0 Å². The Morgan fingerprint density at radius 1 is 1.20 bits per heavy atom. The van der Waals surface area contributed by atoms with Crippen molar-refractivity contribution in [2.24, 2.45) is 5.10 Å². The molecule has 0 fully saturated rings. The smallest absolute Gasteiger partial charge is 0.280 e. The average molecular weight is 355 g/mol. The molecule has 0 saturated heterocycles. The highest BCUT2D eigenvalue weighted by atomic mass is 35.5. The number of H-pyrrole nitrogens is 1. The zero-order valence-corrected chi connectivity index (χ0v) is 14.1. The number of carbonyl (C=O) groups is 1. The molecule has 0 aliphatic carbocycles. The number of rotatable bonds is 4. The Labute approximate surface area is 148 Å². The molecule has 3 rings (SSSR count). The largest absolute Gasteiger partial charge is 0.295 e. The van der Waals surface area contributed by atoms with Crippen LogP contribution in [0, 0.1) is 6.92 Å². The van der Waals surface area contributed by atoms with E-state index in [2.05, 4.69) is 15.6 Å². The van der Waals surface area contributed by atoms with E-state index < -0.39 is 0 Å². The van der Waals surface area contributed by atoms with Gasteiger partial charge in [0.2, 0.25) is 0 Å². The van der Waals surface area contributed by atoms with Crippen molar-refractivity contribution >= 4 is 23.7 Å². The van der Waals surface area contributed by atoms with E-state index >= 15 is 0 Å². The van der Waals surface area contributed by atoms with Gasteiger partial charge in [0, 0.05) is 16.3 Å². The normalized spacial score (nSPS) is 11.0. The second-order valence-corrected chi connectivity index (χ2v) is 5.77. The molecular formula is C18H15ClN4O2. The molecule has 126 valence electrons. The number of nitrogens with zero attached hydrogens (tertiary/aromatic N) is 2. The number of aryl methyl sites for hydroxylation is 1. The summed E-state index contributed by atoms with van der Waals surface area (Å²) in [4.78, 5) is 24.5. The third-order valence-corrected chi connectivity index (χ3v) is 3.81. The number of halogens is 1. The number of aromatic amines is 1. The quantitative estimate of drug-likeness (QED) is 0.558.